The highest BCUT2D eigenvalue weighted by atomic mass is 35.5. The Morgan fingerprint density at radius 3 is 2.58 bits per heavy atom. The van der Waals surface area contributed by atoms with E-state index in [9.17, 15) is 8.42 Å². The van der Waals surface area contributed by atoms with E-state index in [1.807, 2.05) is 26.0 Å². The van der Waals surface area contributed by atoms with E-state index in [2.05, 4.69) is 20.9 Å². The van der Waals surface area contributed by atoms with Gasteiger partial charge in [0.1, 0.15) is 5.15 Å². The van der Waals surface area contributed by atoms with Crippen LogP contribution in [0.15, 0.2) is 52.5 Å². The first-order valence-electron chi connectivity index (χ1n) is 9.65. The molecule has 174 valence electrons. The summed E-state index contributed by atoms with van der Waals surface area (Å²) in [5.41, 5.74) is 6.09. The smallest absolute Gasteiger partial charge is 0.242 e. The van der Waals surface area contributed by atoms with Crippen molar-refractivity contribution in [2.45, 2.75) is 18.7 Å². The number of hydrazone groups is 1. The van der Waals surface area contributed by atoms with Gasteiger partial charge in [-0.1, -0.05) is 35.3 Å². The monoisotopic (exact) mass is 524 g/mol. The van der Waals surface area contributed by atoms with Gasteiger partial charge in [0.15, 0.2) is 5.11 Å². The summed E-state index contributed by atoms with van der Waals surface area (Å²) in [6.45, 7) is 3.65. The lowest BCUT2D eigenvalue weighted by atomic mass is 10.2. The van der Waals surface area contributed by atoms with E-state index < -0.39 is 10.0 Å². The second-order valence-corrected chi connectivity index (χ2v) is 10.6. The van der Waals surface area contributed by atoms with E-state index in [-0.39, 0.29) is 10.0 Å². The zero-order valence-electron chi connectivity index (χ0n) is 18.3. The highest BCUT2D eigenvalue weighted by Gasteiger charge is 2.18. The predicted octanol–water partition coefficient (Wildman–Crippen LogP) is 4.37. The molecule has 12 heteroatoms. The van der Waals surface area contributed by atoms with Gasteiger partial charge in [-0.05, 0) is 62.0 Å². The quantitative estimate of drug-likeness (QED) is 0.282. The molecule has 0 atom stereocenters. The van der Waals surface area contributed by atoms with Gasteiger partial charge in [0.25, 0.3) is 0 Å². The number of hydrogen-bond acceptors (Lipinski definition) is 5. The molecule has 0 aliphatic heterocycles. The number of thiocarbonyl (C=S) groups is 1. The van der Waals surface area contributed by atoms with Gasteiger partial charge in [0.2, 0.25) is 10.0 Å². The minimum absolute atomic E-state index is 0.155. The van der Waals surface area contributed by atoms with E-state index in [0.29, 0.717) is 27.1 Å². The van der Waals surface area contributed by atoms with Crippen LogP contribution < -0.4 is 10.7 Å². The van der Waals surface area contributed by atoms with Crippen LogP contribution in [0.4, 0.5) is 5.69 Å². The van der Waals surface area contributed by atoms with Crippen LogP contribution in [-0.4, -0.2) is 47.9 Å². The molecule has 0 aliphatic carbocycles. The zero-order valence-corrected chi connectivity index (χ0v) is 21.4. The SMILES string of the molecule is Cc1ccc(S(=O)(=O)N(C)C)cc1NC(=S)N/N=C\c1c(C)nn(-c2cccc(Cl)c2)c1Cl. The molecule has 8 nitrogen and oxygen atoms in total. The first-order valence-corrected chi connectivity index (χ1v) is 12.3. The molecule has 33 heavy (non-hydrogen) atoms. The Labute approximate surface area is 208 Å². The molecule has 0 spiro atoms. The minimum atomic E-state index is -3.57. The maximum Gasteiger partial charge on any atom is 0.242 e. The molecule has 0 saturated carbocycles. The lowest BCUT2D eigenvalue weighted by Gasteiger charge is -2.15. The van der Waals surface area contributed by atoms with Crippen LogP contribution in [0.1, 0.15) is 16.8 Å². The lowest BCUT2D eigenvalue weighted by Crippen LogP contribution is -2.25. The average molecular weight is 525 g/mol. The first-order chi connectivity index (χ1) is 15.5. The molecule has 0 amide bonds. The molecule has 3 rings (SSSR count). The Kier molecular flexibility index (Phi) is 7.76. The number of benzene rings is 2. The molecular weight excluding hydrogens is 503 g/mol. The van der Waals surface area contributed by atoms with Crippen molar-refractivity contribution < 1.29 is 8.42 Å². The van der Waals surface area contributed by atoms with Crippen molar-refractivity contribution in [3.8, 4) is 5.69 Å². The van der Waals surface area contributed by atoms with Crippen molar-refractivity contribution in [3.63, 3.8) is 0 Å². The van der Waals surface area contributed by atoms with E-state index in [1.165, 1.54) is 26.4 Å². The summed E-state index contributed by atoms with van der Waals surface area (Å²) in [6, 6.07) is 12.0. The van der Waals surface area contributed by atoms with Crippen molar-refractivity contribution in [1.29, 1.82) is 0 Å². The predicted molar refractivity (Wildman–Crippen MR) is 137 cm³/mol. The molecule has 1 heterocycles. The Morgan fingerprint density at radius 1 is 1.18 bits per heavy atom. The number of rotatable bonds is 6. The molecule has 0 bridgehead atoms. The number of aryl methyl sites for hydroxylation is 2. The van der Waals surface area contributed by atoms with E-state index >= 15 is 0 Å². The molecule has 1 aromatic heterocycles. The molecule has 3 aromatic rings. The van der Waals surface area contributed by atoms with E-state index in [1.54, 1.807) is 28.9 Å². The van der Waals surface area contributed by atoms with Crippen molar-refractivity contribution >= 4 is 62.5 Å². The molecule has 0 unspecified atom stereocenters. The highest BCUT2D eigenvalue weighted by Crippen LogP contribution is 2.24. The molecule has 2 N–H and O–H groups in total. The maximum absolute atomic E-state index is 12.4. The van der Waals surface area contributed by atoms with Crippen molar-refractivity contribution in [2.24, 2.45) is 5.10 Å². The second kappa shape index (κ2) is 10.2. The van der Waals surface area contributed by atoms with Crippen LogP contribution in [0.3, 0.4) is 0 Å². The van der Waals surface area contributed by atoms with Gasteiger partial charge in [-0.3, -0.25) is 5.43 Å². The van der Waals surface area contributed by atoms with E-state index in [4.69, 9.17) is 35.4 Å². The summed E-state index contributed by atoms with van der Waals surface area (Å²) in [5.74, 6) is 0. The lowest BCUT2D eigenvalue weighted by molar-refractivity contribution is 0.521. The number of hydrogen-bond donors (Lipinski definition) is 2. The summed E-state index contributed by atoms with van der Waals surface area (Å²) in [4.78, 5) is 0.155. The number of sulfonamides is 1. The van der Waals surface area contributed by atoms with Crippen LogP contribution >= 0.6 is 35.4 Å². The Hall–Kier alpha value is -2.50. The standard InChI is InChI=1S/C21H22Cl2N6O2S2/c1-13-8-9-17(33(30,31)28(3)4)11-19(13)25-21(32)26-24-12-18-14(2)27-29(20(18)23)16-7-5-6-15(22)10-16/h5-12H,1-4H3,(H2,25,26,32)/b24-12-. The zero-order chi connectivity index (χ0) is 24.3. The fraction of sp³-hybridized carbons (Fsp3) is 0.190. The molecule has 0 fully saturated rings. The van der Waals surface area contributed by atoms with Gasteiger partial charge in [-0.15, -0.1) is 0 Å². The van der Waals surface area contributed by atoms with Gasteiger partial charge in [-0.2, -0.15) is 10.2 Å². The minimum Gasteiger partial charge on any atom is -0.331 e. The number of nitrogens with one attached hydrogen (secondary N) is 2. The average Bonchev–Trinajstić information content (AvgIpc) is 3.03. The number of nitrogens with zero attached hydrogens (tertiary/aromatic N) is 4. The van der Waals surface area contributed by atoms with Crippen LogP contribution in [0.2, 0.25) is 10.2 Å². The van der Waals surface area contributed by atoms with Gasteiger partial charge < -0.3 is 5.32 Å². The number of halogens is 2. The van der Waals surface area contributed by atoms with Crippen molar-refractivity contribution in [1.82, 2.24) is 19.5 Å². The van der Waals surface area contributed by atoms with Crippen LogP contribution in [-0.2, 0) is 10.0 Å². The fourth-order valence-electron chi connectivity index (χ4n) is 2.85. The topological polar surface area (TPSA) is 91.6 Å². The normalized spacial score (nSPS) is 11.8. The Bertz CT molecular complexity index is 1340. The Balaban J connectivity index is 1.74. The third-order valence-corrected chi connectivity index (χ3v) is 7.30. The molecular formula is C21H22Cl2N6O2S2. The summed E-state index contributed by atoms with van der Waals surface area (Å²) in [7, 11) is -0.616. The summed E-state index contributed by atoms with van der Waals surface area (Å²) in [5, 5.41) is 12.7. The van der Waals surface area contributed by atoms with Gasteiger partial charge in [0.05, 0.1) is 28.1 Å². The molecule has 0 saturated heterocycles. The fourth-order valence-corrected chi connectivity index (χ4v) is 4.45. The Morgan fingerprint density at radius 2 is 1.91 bits per heavy atom. The third kappa shape index (κ3) is 5.71. The molecule has 2 aromatic carbocycles. The largest absolute Gasteiger partial charge is 0.331 e. The van der Waals surface area contributed by atoms with Gasteiger partial charge in [-0.25, -0.2) is 17.4 Å². The summed E-state index contributed by atoms with van der Waals surface area (Å²) < 4.78 is 27.5. The summed E-state index contributed by atoms with van der Waals surface area (Å²) in [6.07, 6.45) is 1.51. The number of aromatic nitrogens is 2. The number of anilines is 1. The highest BCUT2D eigenvalue weighted by molar-refractivity contribution is 7.89. The van der Waals surface area contributed by atoms with Crippen LogP contribution in [0, 0.1) is 13.8 Å². The maximum atomic E-state index is 12.4. The van der Waals surface area contributed by atoms with Crippen LogP contribution in [0.5, 0.6) is 0 Å². The van der Waals surface area contributed by atoms with Gasteiger partial charge >= 0.3 is 0 Å². The third-order valence-electron chi connectivity index (χ3n) is 4.70. The molecule has 0 aliphatic rings. The second-order valence-electron chi connectivity index (χ2n) is 7.27. The van der Waals surface area contributed by atoms with Crippen molar-refractivity contribution in [3.05, 3.63) is 69.5 Å². The van der Waals surface area contributed by atoms with Crippen molar-refractivity contribution in [2.75, 3.05) is 19.4 Å². The summed E-state index contributed by atoms with van der Waals surface area (Å²) >= 11 is 17.9. The van der Waals surface area contributed by atoms with Crippen LogP contribution in [0.25, 0.3) is 5.69 Å². The van der Waals surface area contributed by atoms with Gasteiger partial charge in [0, 0.05) is 24.8 Å². The first kappa shape index (κ1) is 25.1. The van der Waals surface area contributed by atoms with E-state index in [0.717, 1.165) is 15.6 Å². The molecule has 0 radical (unpaired) electrons.